The van der Waals surface area contributed by atoms with Gasteiger partial charge in [-0.1, -0.05) is 12.1 Å². The third kappa shape index (κ3) is 3.50. The second-order valence-corrected chi connectivity index (χ2v) is 6.05. The van der Waals surface area contributed by atoms with Gasteiger partial charge in [0.05, 0.1) is 0 Å². The van der Waals surface area contributed by atoms with E-state index in [0.717, 1.165) is 17.5 Å². The van der Waals surface area contributed by atoms with Crippen LogP contribution in [0.25, 0.3) is 11.1 Å². The molecule has 4 nitrogen and oxygen atoms in total. The number of para-hydroxylation sites is 2. The molecule has 126 valence electrons. The number of aromatic nitrogens is 1. The van der Waals surface area contributed by atoms with E-state index in [4.69, 9.17) is 4.42 Å². The second-order valence-electron chi connectivity index (χ2n) is 6.05. The number of aryl methyl sites for hydroxylation is 1. The third-order valence-corrected chi connectivity index (χ3v) is 4.41. The maximum Gasteiger partial charge on any atom is 0.417 e. The van der Waals surface area contributed by atoms with E-state index in [0.29, 0.717) is 18.9 Å². The van der Waals surface area contributed by atoms with Gasteiger partial charge in [0.1, 0.15) is 5.52 Å². The van der Waals surface area contributed by atoms with Gasteiger partial charge in [-0.15, -0.1) is 0 Å². The van der Waals surface area contributed by atoms with Crippen LogP contribution in [-0.2, 0) is 6.42 Å². The highest BCUT2D eigenvalue weighted by Gasteiger charge is 2.54. The van der Waals surface area contributed by atoms with Crippen LogP contribution >= 0.6 is 0 Å². The highest BCUT2D eigenvalue weighted by Crippen LogP contribution is 2.38. The summed E-state index contributed by atoms with van der Waals surface area (Å²) in [6.07, 6.45) is -3.66. The molecule has 0 radical (unpaired) electrons. The summed E-state index contributed by atoms with van der Waals surface area (Å²) >= 11 is 0. The Kier molecular flexibility index (Phi) is 4.33. The molecular formula is C16H19F3N2O2. The van der Waals surface area contributed by atoms with Crippen LogP contribution in [0.1, 0.15) is 25.2 Å². The average Bonchev–Trinajstić information content (AvgIpc) is 2.91. The van der Waals surface area contributed by atoms with Crippen molar-refractivity contribution in [2.45, 2.75) is 37.5 Å². The number of hydrogen-bond acceptors (Lipinski definition) is 4. The summed E-state index contributed by atoms with van der Waals surface area (Å²) in [6, 6.07) is 7.51. The van der Waals surface area contributed by atoms with Gasteiger partial charge < -0.3 is 14.4 Å². The van der Waals surface area contributed by atoms with Crippen LogP contribution < -0.4 is 0 Å². The van der Waals surface area contributed by atoms with E-state index in [2.05, 4.69) is 4.98 Å². The van der Waals surface area contributed by atoms with Crippen LogP contribution in [-0.4, -0.2) is 46.4 Å². The minimum absolute atomic E-state index is 0.254. The summed E-state index contributed by atoms with van der Waals surface area (Å²) in [7, 11) is 0. The van der Waals surface area contributed by atoms with E-state index >= 15 is 0 Å². The lowest BCUT2D eigenvalue weighted by atomic mass is 9.91. The number of benzene rings is 1. The molecule has 1 N–H and O–H groups in total. The molecule has 0 bridgehead atoms. The van der Waals surface area contributed by atoms with Gasteiger partial charge in [-0.25, -0.2) is 4.98 Å². The van der Waals surface area contributed by atoms with Crippen LogP contribution in [0.15, 0.2) is 28.7 Å². The molecule has 0 atom stereocenters. The second kappa shape index (κ2) is 6.13. The Hall–Kier alpha value is -1.60. The van der Waals surface area contributed by atoms with Crippen molar-refractivity contribution in [2.75, 3.05) is 19.6 Å². The molecule has 2 heterocycles. The molecule has 3 rings (SSSR count). The highest BCUT2D eigenvalue weighted by atomic mass is 19.4. The molecule has 1 aromatic heterocycles. The summed E-state index contributed by atoms with van der Waals surface area (Å²) in [5.41, 5.74) is -0.963. The van der Waals surface area contributed by atoms with Crippen molar-refractivity contribution in [3.8, 4) is 0 Å². The Morgan fingerprint density at radius 2 is 1.91 bits per heavy atom. The van der Waals surface area contributed by atoms with Crippen LogP contribution in [0.2, 0.25) is 0 Å². The standard InChI is InChI=1S/C16H19F3N2O2/c17-16(18,19)15(22)7-10-21(11-8-15)9-3-6-14-20-12-4-1-2-5-13(12)23-14/h1-2,4-5,22H,3,6-11H2. The number of hydrogen-bond donors (Lipinski definition) is 1. The molecule has 0 unspecified atom stereocenters. The average molecular weight is 328 g/mol. The molecule has 0 aliphatic carbocycles. The molecule has 1 fully saturated rings. The summed E-state index contributed by atoms with van der Waals surface area (Å²) in [6.45, 7) is 1.18. The molecule has 0 spiro atoms. The number of likely N-dealkylation sites (tertiary alicyclic amines) is 1. The molecule has 1 saturated heterocycles. The van der Waals surface area contributed by atoms with Gasteiger partial charge in [0.25, 0.3) is 0 Å². The first-order valence-electron chi connectivity index (χ1n) is 7.73. The van der Waals surface area contributed by atoms with E-state index < -0.39 is 11.8 Å². The van der Waals surface area contributed by atoms with Crippen LogP contribution in [0, 0.1) is 0 Å². The zero-order valence-electron chi connectivity index (χ0n) is 12.6. The summed E-state index contributed by atoms with van der Waals surface area (Å²) in [5.74, 6) is 0.648. The highest BCUT2D eigenvalue weighted by molar-refractivity contribution is 5.72. The van der Waals surface area contributed by atoms with Gasteiger partial charge >= 0.3 is 6.18 Å². The fourth-order valence-corrected chi connectivity index (χ4v) is 2.91. The zero-order valence-corrected chi connectivity index (χ0v) is 12.6. The van der Waals surface area contributed by atoms with Gasteiger partial charge in [-0.3, -0.25) is 0 Å². The smallest absolute Gasteiger partial charge is 0.417 e. The van der Waals surface area contributed by atoms with E-state index in [1.807, 2.05) is 29.2 Å². The largest absolute Gasteiger partial charge is 0.441 e. The van der Waals surface area contributed by atoms with Crippen molar-refractivity contribution < 1.29 is 22.7 Å². The summed E-state index contributed by atoms with van der Waals surface area (Å²) < 4.78 is 43.8. The van der Waals surface area contributed by atoms with Crippen LogP contribution in [0.3, 0.4) is 0 Å². The lowest BCUT2D eigenvalue weighted by molar-refractivity contribution is -0.272. The van der Waals surface area contributed by atoms with E-state index in [-0.39, 0.29) is 25.9 Å². The van der Waals surface area contributed by atoms with Crippen molar-refractivity contribution in [3.63, 3.8) is 0 Å². The first-order valence-corrected chi connectivity index (χ1v) is 7.73. The van der Waals surface area contributed by atoms with Crippen molar-refractivity contribution in [1.29, 1.82) is 0 Å². The quantitative estimate of drug-likeness (QED) is 0.937. The Balaban J connectivity index is 1.47. The topological polar surface area (TPSA) is 49.5 Å². The number of piperidine rings is 1. The summed E-state index contributed by atoms with van der Waals surface area (Å²) in [4.78, 5) is 6.32. The van der Waals surface area contributed by atoms with E-state index in [1.54, 1.807) is 0 Å². The maximum atomic E-state index is 12.7. The molecule has 1 aliphatic rings. The van der Waals surface area contributed by atoms with Crippen LogP contribution in [0.5, 0.6) is 0 Å². The summed E-state index contributed by atoms with van der Waals surface area (Å²) in [5, 5.41) is 9.63. The van der Waals surface area contributed by atoms with Crippen molar-refractivity contribution in [1.82, 2.24) is 9.88 Å². The first-order chi connectivity index (χ1) is 10.9. The SMILES string of the molecule is OC1(C(F)(F)F)CCN(CCCc2nc3ccccc3o2)CC1. The monoisotopic (exact) mass is 328 g/mol. The number of fused-ring (bicyclic) bond motifs is 1. The fourth-order valence-electron chi connectivity index (χ4n) is 2.91. The lowest BCUT2D eigenvalue weighted by Crippen LogP contribution is -2.53. The first kappa shape index (κ1) is 16.3. The van der Waals surface area contributed by atoms with Crippen LogP contribution in [0.4, 0.5) is 13.2 Å². The Morgan fingerprint density at radius 1 is 1.22 bits per heavy atom. The normalized spacial score (nSPS) is 19.3. The molecule has 7 heteroatoms. The molecule has 0 saturated carbocycles. The lowest BCUT2D eigenvalue weighted by Gasteiger charge is -2.39. The van der Waals surface area contributed by atoms with Crippen molar-refractivity contribution in [2.24, 2.45) is 0 Å². The minimum atomic E-state index is -4.54. The van der Waals surface area contributed by atoms with Gasteiger partial charge in [0.2, 0.25) is 0 Å². The Labute approximate surface area is 131 Å². The number of nitrogens with zero attached hydrogens (tertiary/aromatic N) is 2. The van der Waals surface area contributed by atoms with E-state index in [9.17, 15) is 18.3 Å². The van der Waals surface area contributed by atoms with Gasteiger partial charge in [-0.05, 0) is 37.9 Å². The van der Waals surface area contributed by atoms with Crippen molar-refractivity contribution in [3.05, 3.63) is 30.2 Å². The predicted octanol–water partition coefficient (Wildman–Crippen LogP) is 3.15. The molecule has 2 aromatic rings. The fraction of sp³-hybridized carbons (Fsp3) is 0.562. The Bertz CT molecular complexity index is 628. The molecule has 23 heavy (non-hydrogen) atoms. The number of oxazole rings is 1. The van der Waals surface area contributed by atoms with Gasteiger partial charge in [-0.2, -0.15) is 13.2 Å². The van der Waals surface area contributed by atoms with E-state index in [1.165, 1.54) is 0 Å². The van der Waals surface area contributed by atoms with Gasteiger partial charge in [0.15, 0.2) is 17.1 Å². The number of aliphatic hydroxyl groups is 1. The molecule has 1 aliphatic heterocycles. The minimum Gasteiger partial charge on any atom is -0.441 e. The molecule has 1 aromatic carbocycles. The Morgan fingerprint density at radius 3 is 2.57 bits per heavy atom. The molecular weight excluding hydrogens is 309 g/mol. The number of alkyl halides is 3. The number of halogens is 3. The predicted molar refractivity (Wildman–Crippen MR) is 79.0 cm³/mol. The zero-order chi connectivity index (χ0) is 16.5. The third-order valence-electron chi connectivity index (χ3n) is 4.41. The van der Waals surface area contributed by atoms with Gasteiger partial charge in [0, 0.05) is 19.5 Å². The molecule has 0 amide bonds. The number of rotatable bonds is 4. The van der Waals surface area contributed by atoms with Crippen molar-refractivity contribution >= 4 is 11.1 Å². The maximum absolute atomic E-state index is 12.7.